The largest absolute Gasteiger partial charge is 0.490 e. The fourth-order valence-corrected chi connectivity index (χ4v) is 2.79. The number of hydrogen-bond donors (Lipinski definition) is 2. The van der Waals surface area contributed by atoms with Gasteiger partial charge in [-0.05, 0) is 57.3 Å². The number of halogens is 1. The van der Waals surface area contributed by atoms with E-state index in [4.69, 9.17) is 9.47 Å². The molecule has 5 nitrogen and oxygen atoms in total. The van der Waals surface area contributed by atoms with Gasteiger partial charge in [-0.25, -0.2) is 0 Å². The van der Waals surface area contributed by atoms with Gasteiger partial charge in [-0.3, -0.25) is 4.79 Å². The lowest BCUT2D eigenvalue weighted by molar-refractivity contribution is 0.0933. The second-order valence-corrected chi connectivity index (χ2v) is 5.80. The highest BCUT2D eigenvalue weighted by Crippen LogP contribution is 2.18. The summed E-state index contributed by atoms with van der Waals surface area (Å²) in [4.78, 5) is 12.4. The molecular formula is C18H29ClN2O3. The van der Waals surface area contributed by atoms with E-state index in [-0.39, 0.29) is 18.3 Å². The predicted octanol–water partition coefficient (Wildman–Crippen LogP) is 2.64. The molecule has 1 fully saturated rings. The van der Waals surface area contributed by atoms with Crippen molar-refractivity contribution in [3.8, 4) is 5.75 Å². The number of para-hydroxylation sites is 1. The highest BCUT2D eigenvalue weighted by molar-refractivity contribution is 5.96. The van der Waals surface area contributed by atoms with Crippen LogP contribution in [0, 0.1) is 5.92 Å². The Labute approximate surface area is 150 Å². The molecule has 24 heavy (non-hydrogen) atoms. The average molecular weight is 357 g/mol. The van der Waals surface area contributed by atoms with Gasteiger partial charge >= 0.3 is 0 Å². The third kappa shape index (κ3) is 7.07. The summed E-state index contributed by atoms with van der Waals surface area (Å²) >= 11 is 0. The Kier molecular flexibility index (Phi) is 10.5. The molecule has 0 saturated carbocycles. The van der Waals surface area contributed by atoms with Crippen molar-refractivity contribution in [3.63, 3.8) is 0 Å². The molecule has 1 amide bonds. The molecule has 1 aliphatic rings. The van der Waals surface area contributed by atoms with Crippen molar-refractivity contribution < 1.29 is 14.3 Å². The highest BCUT2D eigenvalue weighted by Gasteiger charge is 2.15. The average Bonchev–Trinajstić information content (AvgIpc) is 2.60. The minimum absolute atomic E-state index is 0. The Morgan fingerprint density at radius 3 is 2.92 bits per heavy atom. The van der Waals surface area contributed by atoms with Crippen LogP contribution < -0.4 is 15.4 Å². The molecule has 1 aromatic rings. The fraction of sp³-hybridized carbons (Fsp3) is 0.611. The monoisotopic (exact) mass is 356 g/mol. The maximum atomic E-state index is 12.4. The van der Waals surface area contributed by atoms with E-state index in [9.17, 15) is 4.79 Å². The van der Waals surface area contributed by atoms with Gasteiger partial charge in [-0.2, -0.15) is 0 Å². The van der Waals surface area contributed by atoms with Crippen molar-refractivity contribution in [1.29, 1.82) is 0 Å². The summed E-state index contributed by atoms with van der Waals surface area (Å²) in [5.41, 5.74) is 0.589. The van der Waals surface area contributed by atoms with Gasteiger partial charge in [0.25, 0.3) is 5.91 Å². The van der Waals surface area contributed by atoms with Gasteiger partial charge in [-0.15, -0.1) is 12.4 Å². The number of ether oxygens (including phenoxy) is 2. The van der Waals surface area contributed by atoms with Gasteiger partial charge in [0.05, 0.1) is 12.2 Å². The summed E-state index contributed by atoms with van der Waals surface area (Å²) in [5, 5.41) is 6.41. The van der Waals surface area contributed by atoms with E-state index in [0.717, 1.165) is 19.5 Å². The van der Waals surface area contributed by atoms with Crippen molar-refractivity contribution in [2.24, 2.45) is 5.92 Å². The summed E-state index contributed by atoms with van der Waals surface area (Å²) in [6.07, 6.45) is 3.50. The first-order valence-corrected chi connectivity index (χ1v) is 8.59. The Hall–Kier alpha value is -1.30. The fourth-order valence-electron chi connectivity index (χ4n) is 2.79. The van der Waals surface area contributed by atoms with Crippen LogP contribution in [0.25, 0.3) is 0 Å². The first kappa shape index (κ1) is 20.7. The van der Waals surface area contributed by atoms with Crippen LogP contribution in [0.5, 0.6) is 5.75 Å². The number of nitrogens with one attached hydrogen (secondary N) is 2. The lowest BCUT2D eigenvalue weighted by Crippen LogP contribution is -2.33. The molecule has 1 saturated heterocycles. The molecule has 6 heteroatoms. The van der Waals surface area contributed by atoms with Crippen LogP contribution in [0.1, 0.15) is 36.5 Å². The van der Waals surface area contributed by atoms with Gasteiger partial charge in [0.15, 0.2) is 0 Å². The van der Waals surface area contributed by atoms with E-state index in [1.165, 1.54) is 12.8 Å². The number of rotatable bonds is 9. The quantitative estimate of drug-likeness (QED) is 0.668. The normalized spacial score (nSPS) is 17.0. The predicted molar refractivity (Wildman–Crippen MR) is 98.2 cm³/mol. The van der Waals surface area contributed by atoms with Crippen molar-refractivity contribution in [2.45, 2.75) is 26.2 Å². The van der Waals surface area contributed by atoms with E-state index in [0.29, 0.717) is 43.6 Å². The zero-order valence-corrected chi connectivity index (χ0v) is 15.2. The molecule has 0 radical (unpaired) electrons. The molecule has 2 rings (SSSR count). The molecule has 1 atom stereocenters. The molecule has 0 aliphatic carbocycles. The number of carbonyl (C=O) groups excluding carboxylic acids is 1. The van der Waals surface area contributed by atoms with E-state index >= 15 is 0 Å². The van der Waals surface area contributed by atoms with E-state index in [1.807, 2.05) is 25.1 Å². The molecule has 2 N–H and O–H groups in total. The smallest absolute Gasteiger partial charge is 0.255 e. The maximum Gasteiger partial charge on any atom is 0.255 e. The third-order valence-electron chi connectivity index (χ3n) is 4.06. The van der Waals surface area contributed by atoms with Gasteiger partial charge in [0.1, 0.15) is 12.4 Å². The summed E-state index contributed by atoms with van der Waals surface area (Å²) in [6.45, 7) is 6.48. The topological polar surface area (TPSA) is 59.6 Å². The molecule has 0 spiro atoms. The van der Waals surface area contributed by atoms with Crippen molar-refractivity contribution >= 4 is 18.3 Å². The first-order valence-electron chi connectivity index (χ1n) is 8.59. The number of piperidine rings is 1. The lowest BCUT2D eigenvalue weighted by Gasteiger charge is -2.22. The number of carbonyl (C=O) groups is 1. The zero-order valence-electron chi connectivity index (χ0n) is 14.4. The second-order valence-electron chi connectivity index (χ2n) is 5.80. The van der Waals surface area contributed by atoms with E-state index < -0.39 is 0 Å². The standard InChI is InChI=1S/C18H28N2O3.ClH/c1-2-22-12-13-23-17-8-4-3-7-16(17)18(21)20-11-9-15-6-5-10-19-14-15;/h3-4,7-8,15,19H,2,5-6,9-14H2,1H3,(H,20,21);1H. The molecule has 136 valence electrons. The summed E-state index contributed by atoms with van der Waals surface area (Å²) < 4.78 is 10.9. The third-order valence-corrected chi connectivity index (χ3v) is 4.06. The van der Waals surface area contributed by atoms with Crippen molar-refractivity contribution in [2.75, 3.05) is 39.5 Å². The molecule has 0 bridgehead atoms. The molecule has 0 aromatic heterocycles. The van der Waals surface area contributed by atoms with Crippen LogP contribution in [-0.4, -0.2) is 45.4 Å². The number of amides is 1. The van der Waals surface area contributed by atoms with Crippen LogP contribution >= 0.6 is 12.4 Å². The van der Waals surface area contributed by atoms with Gasteiger partial charge in [0, 0.05) is 13.2 Å². The number of hydrogen-bond acceptors (Lipinski definition) is 4. The Morgan fingerprint density at radius 2 is 2.17 bits per heavy atom. The van der Waals surface area contributed by atoms with Gasteiger partial charge < -0.3 is 20.1 Å². The number of benzene rings is 1. The van der Waals surface area contributed by atoms with Crippen molar-refractivity contribution in [3.05, 3.63) is 29.8 Å². The molecule has 1 heterocycles. The van der Waals surface area contributed by atoms with Crippen LogP contribution in [-0.2, 0) is 4.74 Å². The van der Waals surface area contributed by atoms with Crippen LogP contribution in [0.3, 0.4) is 0 Å². The lowest BCUT2D eigenvalue weighted by atomic mass is 9.96. The highest BCUT2D eigenvalue weighted by atomic mass is 35.5. The second kappa shape index (κ2) is 12.1. The van der Waals surface area contributed by atoms with Crippen molar-refractivity contribution in [1.82, 2.24) is 10.6 Å². The molecule has 1 unspecified atom stereocenters. The van der Waals surface area contributed by atoms with Gasteiger partial charge in [-0.1, -0.05) is 12.1 Å². The molecule has 1 aromatic carbocycles. The summed E-state index contributed by atoms with van der Waals surface area (Å²) in [5.74, 6) is 1.21. The van der Waals surface area contributed by atoms with Crippen LogP contribution in [0.15, 0.2) is 24.3 Å². The minimum Gasteiger partial charge on any atom is -0.490 e. The van der Waals surface area contributed by atoms with Crippen LogP contribution in [0.4, 0.5) is 0 Å². The van der Waals surface area contributed by atoms with Gasteiger partial charge in [0.2, 0.25) is 0 Å². The molecular weight excluding hydrogens is 328 g/mol. The van der Waals surface area contributed by atoms with Crippen LogP contribution in [0.2, 0.25) is 0 Å². The Bertz CT molecular complexity index is 479. The van der Waals surface area contributed by atoms with E-state index in [2.05, 4.69) is 10.6 Å². The molecule has 1 aliphatic heterocycles. The Balaban J connectivity index is 0.00000288. The zero-order chi connectivity index (χ0) is 16.3. The Morgan fingerprint density at radius 1 is 1.33 bits per heavy atom. The first-order chi connectivity index (χ1) is 11.3. The maximum absolute atomic E-state index is 12.4. The minimum atomic E-state index is -0.0687. The summed E-state index contributed by atoms with van der Waals surface area (Å²) in [6, 6.07) is 7.36. The van der Waals surface area contributed by atoms with E-state index in [1.54, 1.807) is 6.07 Å². The SMILES string of the molecule is CCOCCOc1ccccc1C(=O)NCCC1CCCNC1.Cl. The summed E-state index contributed by atoms with van der Waals surface area (Å²) in [7, 11) is 0.